The first kappa shape index (κ1) is 17.7. The van der Waals surface area contributed by atoms with Crippen molar-refractivity contribution in [1.29, 1.82) is 0 Å². The number of pyridine rings is 1. The van der Waals surface area contributed by atoms with Crippen LogP contribution in [0.5, 0.6) is 17.2 Å². The molecule has 7 nitrogen and oxygen atoms in total. The van der Waals surface area contributed by atoms with Gasteiger partial charge in [0.25, 0.3) is 5.91 Å². The van der Waals surface area contributed by atoms with Gasteiger partial charge in [-0.15, -0.1) is 0 Å². The fraction of sp³-hybridized carbons (Fsp3) is 0.143. The molecule has 1 amide bonds. The minimum Gasteiger partial charge on any atom is -0.496 e. The maximum Gasteiger partial charge on any atom is 0.255 e. The third kappa shape index (κ3) is 3.83. The van der Waals surface area contributed by atoms with Crippen molar-refractivity contribution in [3.8, 4) is 17.2 Å². The average Bonchev–Trinajstić information content (AvgIpc) is 3.20. The molecule has 1 aliphatic rings. The van der Waals surface area contributed by atoms with E-state index in [9.17, 15) is 4.79 Å². The highest BCUT2D eigenvalue weighted by Gasteiger charge is 2.17. The first-order chi connectivity index (χ1) is 13.7. The molecule has 2 aromatic carbocycles. The van der Waals surface area contributed by atoms with E-state index < -0.39 is 0 Å². The van der Waals surface area contributed by atoms with Crippen LogP contribution in [0.25, 0.3) is 0 Å². The number of fused-ring (bicyclic) bond motifs is 1. The number of hydrogen-bond donors (Lipinski definition) is 2. The lowest BCUT2D eigenvalue weighted by Crippen LogP contribution is -2.12. The van der Waals surface area contributed by atoms with Crippen LogP contribution in [0.1, 0.15) is 15.9 Å². The Morgan fingerprint density at radius 1 is 1.11 bits per heavy atom. The van der Waals surface area contributed by atoms with Crippen LogP contribution in [0.15, 0.2) is 60.9 Å². The molecule has 1 aromatic heterocycles. The minimum atomic E-state index is -0.183. The molecule has 0 saturated heterocycles. The zero-order valence-electron chi connectivity index (χ0n) is 15.3. The van der Waals surface area contributed by atoms with Gasteiger partial charge in [-0.2, -0.15) is 0 Å². The highest BCUT2D eigenvalue weighted by Crippen LogP contribution is 2.38. The summed E-state index contributed by atoms with van der Waals surface area (Å²) in [5.74, 6) is 1.94. The monoisotopic (exact) mass is 377 g/mol. The molecule has 3 aromatic rings. The van der Waals surface area contributed by atoms with Gasteiger partial charge in [-0.25, -0.2) is 0 Å². The Kier molecular flexibility index (Phi) is 4.97. The SMILES string of the molecule is COc1cc2c(cc1CNc1ccc(C(=O)Nc3cccnc3)cc1)OCO2. The molecule has 0 radical (unpaired) electrons. The van der Waals surface area contributed by atoms with E-state index in [1.54, 1.807) is 43.8 Å². The lowest BCUT2D eigenvalue weighted by Gasteiger charge is -2.12. The van der Waals surface area contributed by atoms with Gasteiger partial charge >= 0.3 is 0 Å². The smallest absolute Gasteiger partial charge is 0.255 e. The van der Waals surface area contributed by atoms with Gasteiger partial charge in [-0.1, -0.05) is 0 Å². The summed E-state index contributed by atoms with van der Waals surface area (Å²) in [6.07, 6.45) is 3.26. The third-order valence-electron chi connectivity index (χ3n) is 4.33. The Labute approximate surface area is 162 Å². The van der Waals surface area contributed by atoms with E-state index in [0.717, 1.165) is 17.0 Å². The van der Waals surface area contributed by atoms with Crippen LogP contribution in [0, 0.1) is 0 Å². The number of methoxy groups -OCH3 is 1. The van der Waals surface area contributed by atoms with Crippen LogP contribution in [-0.2, 0) is 6.54 Å². The predicted octanol–water partition coefficient (Wildman–Crippen LogP) is 3.68. The maximum atomic E-state index is 12.3. The van der Waals surface area contributed by atoms with Crippen molar-refractivity contribution < 1.29 is 19.0 Å². The first-order valence-corrected chi connectivity index (χ1v) is 8.75. The summed E-state index contributed by atoms with van der Waals surface area (Å²) in [6, 6.07) is 14.5. The highest BCUT2D eigenvalue weighted by atomic mass is 16.7. The van der Waals surface area contributed by atoms with Crippen molar-refractivity contribution in [2.75, 3.05) is 24.5 Å². The second-order valence-electron chi connectivity index (χ2n) is 6.14. The zero-order chi connectivity index (χ0) is 19.3. The highest BCUT2D eigenvalue weighted by molar-refractivity contribution is 6.04. The Morgan fingerprint density at radius 3 is 2.61 bits per heavy atom. The van der Waals surface area contributed by atoms with Crippen molar-refractivity contribution in [1.82, 2.24) is 4.98 Å². The molecular weight excluding hydrogens is 358 g/mol. The number of nitrogens with zero attached hydrogens (tertiary/aromatic N) is 1. The maximum absolute atomic E-state index is 12.3. The van der Waals surface area contributed by atoms with Gasteiger partial charge in [0.1, 0.15) is 5.75 Å². The summed E-state index contributed by atoms with van der Waals surface area (Å²) < 4.78 is 16.2. The van der Waals surface area contributed by atoms with Gasteiger partial charge in [-0.05, 0) is 42.5 Å². The van der Waals surface area contributed by atoms with Gasteiger partial charge in [0.05, 0.1) is 19.0 Å². The summed E-state index contributed by atoms with van der Waals surface area (Å²) in [5.41, 5.74) is 3.06. The van der Waals surface area contributed by atoms with Crippen molar-refractivity contribution in [2.45, 2.75) is 6.54 Å². The Morgan fingerprint density at radius 2 is 1.89 bits per heavy atom. The third-order valence-corrected chi connectivity index (χ3v) is 4.33. The summed E-state index contributed by atoms with van der Waals surface area (Å²) in [6.45, 7) is 0.763. The molecule has 0 spiro atoms. The van der Waals surface area contributed by atoms with Gasteiger partial charge in [0, 0.05) is 35.6 Å². The number of hydrogen-bond acceptors (Lipinski definition) is 6. The molecule has 4 rings (SSSR count). The molecule has 0 saturated carbocycles. The van der Waals surface area contributed by atoms with E-state index in [1.807, 2.05) is 24.3 Å². The number of aromatic nitrogens is 1. The van der Waals surface area contributed by atoms with Crippen LogP contribution < -0.4 is 24.8 Å². The van der Waals surface area contributed by atoms with E-state index in [4.69, 9.17) is 14.2 Å². The zero-order valence-corrected chi connectivity index (χ0v) is 15.3. The number of ether oxygens (including phenoxy) is 3. The summed E-state index contributed by atoms with van der Waals surface area (Å²) in [4.78, 5) is 16.3. The summed E-state index contributed by atoms with van der Waals surface area (Å²) in [5, 5.41) is 6.13. The van der Waals surface area contributed by atoms with Gasteiger partial charge in [0.15, 0.2) is 11.5 Å². The molecule has 0 atom stereocenters. The quantitative estimate of drug-likeness (QED) is 0.682. The van der Waals surface area contributed by atoms with Gasteiger partial charge in [-0.3, -0.25) is 9.78 Å². The number of anilines is 2. The number of carbonyl (C=O) groups excluding carboxylic acids is 1. The lowest BCUT2D eigenvalue weighted by atomic mass is 10.1. The second-order valence-corrected chi connectivity index (χ2v) is 6.14. The Bertz CT molecular complexity index is 975. The average molecular weight is 377 g/mol. The standard InChI is InChI=1S/C21H19N3O4/c1-26-18-10-20-19(27-13-28-20)9-15(18)11-23-16-6-4-14(5-7-16)21(25)24-17-3-2-8-22-12-17/h2-10,12,23H,11,13H2,1H3,(H,24,25). The normalized spacial score (nSPS) is 11.8. The molecule has 0 aliphatic carbocycles. The second kappa shape index (κ2) is 7.87. The first-order valence-electron chi connectivity index (χ1n) is 8.75. The van der Waals surface area contributed by atoms with E-state index in [-0.39, 0.29) is 12.7 Å². The topological polar surface area (TPSA) is 81.7 Å². The van der Waals surface area contributed by atoms with Crippen LogP contribution in [0.2, 0.25) is 0 Å². The van der Waals surface area contributed by atoms with E-state index in [0.29, 0.717) is 29.3 Å². The van der Waals surface area contributed by atoms with E-state index in [2.05, 4.69) is 15.6 Å². The molecular formula is C21H19N3O4. The van der Waals surface area contributed by atoms with Gasteiger partial charge in [0.2, 0.25) is 6.79 Å². The number of amides is 1. The number of benzene rings is 2. The Hall–Kier alpha value is -3.74. The molecule has 0 bridgehead atoms. The number of nitrogens with one attached hydrogen (secondary N) is 2. The fourth-order valence-electron chi connectivity index (χ4n) is 2.87. The summed E-state index contributed by atoms with van der Waals surface area (Å²) >= 11 is 0. The molecule has 2 heterocycles. The largest absolute Gasteiger partial charge is 0.496 e. The molecule has 28 heavy (non-hydrogen) atoms. The molecule has 0 fully saturated rings. The molecule has 1 aliphatic heterocycles. The molecule has 142 valence electrons. The van der Waals surface area contributed by atoms with Crippen LogP contribution in [-0.4, -0.2) is 24.8 Å². The molecule has 7 heteroatoms. The van der Waals surface area contributed by atoms with Crippen LogP contribution in [0.3, 0.4) is 0 Å². The summed E-state index contributed by atoms with van der Waals surface area (Å²) in [7, 11) is 1.62. The van der Waals surface area contributed by atoms with Crippen molar-refractivity contribution in [3.63, 3.8) is 0 Å². The van der Waals surface area contributed by atoms with Crippen molar-refractivity contribution in [2.24, 2.45) is 0 Å². The predicted molar refractivity (Wildman–Crippen MR) is 105 cm³/mol. The van der Waals surface area contributed by atoms with Crippen LogP contribution >= 0.6 is 0 Å². The van der Waals surface area contributed by atoms with E-state index >= 15 is 0 Å². The fourth-order valence-corrected chi connectivity index (χ4v) is 2.87. The lowest BCUT2D eigenvalue weighted by molar-refractivity contribution is 0.102. The van der Waals surface area contributed by atoms with Gasteiger partial charge < -0.3 is 24.8 Å². The van der Waals surface area contributed by atoms with E-state index in [1.165, 1.54) is 0 Å². The van der Waals surface area contributed by atoms with Crippen molar-refractivity contribution >= 4 is 17.3 Å². The number of rotatable bonds is 6. The van der Waals surface area contributed by atoms with Crippen LogP contribution in [0.4, 0.5) is 11.4 Å². The molecule has 0 unspecified atom stereocenters. The van der Waals surface area contributed by atoms with Crippen molar-refractivity contribution in [3.05, 3.63) is 72.1 Å². The Balaban J connectivity index is 1.41. The minimum absolute atomic E-state index is 0.183. The number of carbonyl (C=O) groups is 1. The molecule has 2 N–H and O–H groups in total.